The molecule has 0 amide bonds. The summed E-state index contributed by atoms with van der Waals surface area (Å²) in [6.45, 7) is 8.45. The smallest absolute Gasteiger partial charge is 0.164 e. The minimum atomic E-state index is 0.479. The summed E-state index contributed by atoms with van der Waals surface area (Å²) in [6.07, 6.45) is 4.30. The Bertz CT molecular complexity index is 880. The van der Waals surface area contributed by atoms with Crippen LogP contribution in [0.1, 0.15) is 18.1 Å². The van der Waals surface area contributed by atoms with Crippen LogP contribution < -0.4 is 9.33 Å². The van der Waals surface area contributed by atoms with E-state index in [9.17, 15) is 0 Å². The maximum absolute atomic E-state index is 5.29. The second-order valence-electron chi connectivity index (χ2n) is 8.14. The van der Waals surface area contributed by atoms with Gasteiger partial charge in [-0.1, -0.05) is 17.2 Å². The van der Waals surface area contributed by atoms with Crippen molar-refractivity contribution in [3.8, 4) is 5.75 Å². The van der Waals surface area contributed by atoms with Gasteiger partial charge in [0.25, 0.3) is 0 Å². The number of nitrogens with zero attached hydrogens (tertiary/aromatic N) is 4. The minimum absolute atomic E-state index is 0.479. The van der Waals surface area contributed by atoms with Crippen LogP contribution in [0.5, 0.6) is 5.75 Å². The zero-order chi connectivity index (χ0) is 20.3. The second-order valence-corrected chi connectivity index (χ2v) is 8.14. The van der Waals surface area contributed by atoms with Crippen molar-refractivity contribution in [3.63, 3.8) is 0 Å². The molecule has 152 valence electrons. The number of benzene rings is 2. The first-order valence-corrected chi connectivity index (χ1v) is 10.3. The van der Waals surface area contributed by atoms with Crippen LogP contribution in [0, 0.1) is 0 Å². The Morgan fingerprint density at radius 3 is 2.17 bits per heavy atom. The molecule has 0 N–H and O–H groups in total. The van der Waals surface area contributed by atoms with Crippen LogP contribution in [-0.2, 0) is 13.1 Å². The predicted octanol–water partition coefficient (Wildman–Crippen LogP) is 3.85. The maximum atomic E-state index is 5.29. The van der Waals surface area contributed by atoms with Gasteiger partial charge >= 0.3 is 0 Å². The predicted molar refractivity (Wildman–Crippen MR) is 120 cm³/mol. The average molecular weight is 392 g/mol. The lowest BCUT2D eigenvalue weighted by Gasteiger charge is -2.32. The third-order valence-electron chi connectivity index (χ3n) is 5.87. The Balaban J connectivity index is 1.52. The number of piperazine rings is 1. The van der Waals surface area contributed by atoms with Gasteiger partial charge in [0.15, 0.2) is 5.69 Å². The van der Waals surface area contributed by atoms with Crippen molar-refractivity contribution in [1.82, 2.24) is 14.4 Å². The van der Waals surface area contributed by atoms with E-state index in [1.165, 1.54) is 16.8 Å². The zero-order valence-electron chi connectivity index (χ0n) is 17.7. The Labute approximate surface area is 174 Å². The van der Waals surface area contributed by atoms with E-state index in [1.54, 1.807) is 7.11 Å². The van der Waals surface area contributed by atoms with Gasteiger partial charge in [-0.2, -0.15) is 0 Å². The molecule has 2 aromatic carbocycles. The molecule has 0 spiro atoms. The Kier molecular flexibility index (Phi) is 5.81. The number of likely N-dealkylation sites (N-methyl/N-ethyl adjacent to an activating group) is 1. The van der Waals surface area contributed by atoms with Gasteiger partial charge in [-0.15, -0.1) is 4.59 Å². The van der Waals surface area contributed by atoms with Gasteiger partial charge in [-0.3, -0.25) is 4.90 Å². The molecule has 1 fully saturated rings. The van der Waals surface area contributed by atoms with E-state index in [4.69, 9.17) is 9.84 Å². The van der Waals surface area contributed by atoms with E-state index in [0.717, 1.165) is 50.7 Å². The fourth-order valence-corrected chi connectivity index (χ4v) is 4.04. The minimum Gasteiger partial charge on any atom is -0.497 e. The highest BCUT2D eigenvalue weighted by Crippen LogP contribution is 2.32. The van der Waals surface area contributed by atoms with Crippen molar-refractivity contribution < 1.29 is 4.74 Å². The molecule has 2 aliphatic heterocycles. The van der Waals surface area contributed by atoms with Gasteiger partial charge in [-0.05, 0) is 43.8 Å². The summed E-state index contributed by atoms with van der Waals surface area (Å²) < 4.78 is 5.77. The third-order valence-corrected chi connectivity index (χ3v) is 5.87. The molecule has 4 rings (SSSR count). The van der Waals surface area contributed by atoms with Crippen molar-refractivity contribution in [1.29, 1.82) is 0 Å². The lowest BCUT2D eigenvalue weighted by atomic mass is 10.1. The Hall–Kier alpha value is -2.47. The molecular weight excluding hydrogens is 360 g/mol. The van der Waals surface area contributed by atoms with Crippen LogP contribution in [0.25, 0.3) is 0 Å². The highest BCUT2D eigenvalue weighted by molar-refractivity contribution is 5.95. The molecule has 5 nitrogen and oxygen atoms in total. The van der Waals surface area contributed by atoms with E-state index in [-0.39, 0.29) is 0 Å². The number of rotatable bonds is 6. The van der Waals surface area contributed by atoms with E-state index in [1.807, 2.05) is 12.1 Å². The Morgan fingerprint density at radius 2 is 1.59 bits per heavy atom. The quantitative estimate of drug-likeness (QED) is 0.700. The van der Waals surface area contributed by atoms with Gasteiger partial charge in [0.2, 0.25) is 0 Å². The Morgan fingerprint density at radius 1 is 0.931 bits per heavy atom. The fraction of sp³-hybridized carbons (Fsp3) is 0.375. The molecule has 1 atom stereocenters. The van der Waals surface area contributed by atoms with Gasteiger partial charge < -0.3 is 9.64 Å². The van der Waals surface area contributed by atoms with Crippen molar-refractivity contribution in [2.24, 2.45) is 5.10 Å². The molecule has 2 aliphatic rings. The van der Waals surface area contributed by atoms with Crippen LogP contribution in [0.15, 0.2) is 65.9 Å². The average Bonchev–Trinajstić information content (AvgIpc) is 3.12. The number of ether oxygens (including phenoxy) is 1. The van der Waals surface area contributed by atoms with Crippen molar-refractivity contribution in [2.75, 3.05) is 40.3 Å². The van der Waals surface area contributed by atoms with Gasteiger partial charge in [0.05, 0.1) is 12.8 Å². The van der Waals surface area contributed by atoms with Gasteiger partial charge in [-0.25, -0.2) is 0 Å². The van der Waals surface area contributed by atoms with E-state index in [0.29, 0.717) is 4.59 Å². The molecule has 0 radical (unpaired) electrons. The molecule has 5 heteroatoms. The molecule has 0 bridgehead atoms. The summed E-state index contributed by atoms with van der Waals surface area (Å²) >= 11 is 0. The topological polar surface area (TPSA) is 28.1 Å². The summed E-state index contributed by atoms with van der Waals surface area (Å²) in [5, 5.41) is 4.98. The molecule has 0 aromatic heterocycles. The molecule has 0 saturated carbocycles. The second kappa shape index (κ2) is 8.49. The SMILES string of the molecule is COc1ccc(C[N+]2(c3ccc(CN4CCN(C)CC4)cc3)C=CC(C)=N2)cc1. The molecule has 2 heterocycles. The molecule has 29 heavy (non-hydrogen) atoms. The van der Waals surface area contributed by atoms with E-state index < -0.39 is 0 Å². The number of quaternary nitrogens is 1. The first-order valence-electron chi connectivity index (χ1n) is 10.3. The lowest BCUT2D eigenvalue weighted by molar-refractivity contribution is 0.148. The van der Waals surface area contributed by atoms with E-state index >= 15 is 0 Å². The summed E-state index contributed by atoms with van der Waals surface area (Å²) in [7, 11) is 3.90. The number of methoxy groups -OCH3 is 1. The molecule has 1 saturated heterocycles. The highest BCUT2D eigenvalue weighted by atomic mass is 16.5. The standard InChI is InChI=1S/C24H31N4O/c1-20-12-17-28(25-20,19-22-6-10-24(29-3)11-7-22)23-8-4-21(5-9-23)18-27-15-13-26(2)14-16-27/h4-12,17H,13-16,18-19H2,1-3H3/q+1. The summed E-state index contributed by atoms with van der Waals surface area (Å²) in [6, 6.07) is 17.3. The van der Waals surface area contributed by atoms with Gasteiger partial charge in [0, 0.05) is 56.5 Å². The highest BCUT2D eigenvalue weighted by Gasteiger charge is 2.32. The molecular formula is C24H31N4O+. The zero-order valence-corrected chi connectivity index (χ0v) is 17.7. The van der Waals surface area contributed by atoms with Crippen molar-refractivity contribution >= 4 is 11.4 Å². The monoisotopic (exact) mass is 391 g/mol. The number of hydrogen-bond donors (Lipinski definition) is 0. The van der Waals surface area contributed by atoms with Crippen LogP contribution in [0.3, 0.4) is 0 Å². The van der Waals surface area contributed by atoms with Crippen molar-refractivity contribution in [2.45, 2.75) is 20.0 Å². The summed E-state index contributed by atoms with van der Waals surface area (Å²) in [4.78, 5) is 4.93. The van der Waals surface area contributed by atoms with E-state index in [2.05, 4.69) is 72.4 Å². The number of allylic oxidation sites excluding steroid dienone is 1. The first-order chi connectivity index (χ1) is 14.1. The van der Waals surface area contributed by atoms with Crippen LogP contribution in [0.2, 0.25) is 0 Å². The molecule has 1 unspecified atom stereocenters. The normalized spacial score (nSPS) is 22.7. The molecule has 2 aromatic rings. The summed E-state index contributed by atoms with van der Waals surface area (Å²) in [5.74, 6) is 0.880. The molecule has 0 aliphatic carbocycles. The van der Waals surface area contributed by atoms with Gasteiger partial charge in [0.1, 0.15) is 18.5 Å². The summed E-state index contributed by atoms with van der Waals surface area (Å²) in [5.41, 5.74) is 4.84. The van der Waals surface area contributed by atoms with Crippen LogP contribution >= 0.6 is 0 Å². The van der Waals surface area contributed by atoms with Crippen molar-refractivity contribution in [3.05, 3.63) is 71.9 Å². The number of hydrogen-bond acceptors (Lipinski definition) is 4. The van der Waals surface area contributed by atoms with Crippen LogP contribution in [-0.4, -0.2) is 55.8 Å². The largest absolute Gasteiger partial charge is 0.497 e. The first kappa shape index (κ1) is 19.8. The van der Waals surface area contributed by atoms with Crippen LogP contribution in [0.4, 0.5) is 5.69 Å². The lowest BCUT2D eigenvalue weighted by Crippen LogP contribution is -2.43. The third kappa shape index (κ3) is 4.58. The fourth-order valence-electron chi connectivity index (χ4n) is 4.04. The maximum Gasteiger partial charge on any atom is 0.164 e.